The lowest BCUT2D eigenvalue weighted by Crippen LogP contribution is -2.47. The number of amides is 4. The van der Waals surface area contributed by atoms with E-state index in [2.05, 4.69) is 54.8 Å². The van der Waals surface area contributed by atoms with Crippen LogP contribution < -0.4 is 10.6 Å². The molecule has 4 atom stereocenters. The Kier molecular flexibility index (Phi) is 12.3. The van der Waals surface area contributed by atoms with Crippen molar-refractivity contribution in [2.45, 2.75) is 90.4 Å². The molecule has 0 aliphatic carbocycles. The van der Waals surface area contributed by atoms with Crippen LogP contribution in [0.25, 0.3) is 33.6 Å². The third-order valence-electron chi connectivity index (χ3n) is 9.90. The number of likely N-dealkylation sites (tertiary alicyclic amines) is 2. The summed E-state index contributed by atoms with van der Waals surface area (Å²) in [6.07, 6.45) is 7.12. The zero-order valence-corrected chi connectivity index (χ0v) is 31.4. The summed E-state index contributed by atoms with van der Waals surface area (Å²) in [4.78, 5) is 70.2. The minimum absolute atomic E-state index is 0.161. The van der Waals surface area contributed by atoms with Crippen molar-refractivity contribution in [1.29, 1.82) is 0 Å². The molecule has 2 aliphatic rings. The smallest absolute Gasteiger partial charge is 0.407 e. The maximum atomic E-state index is 13.2. The molecular weight excluding hydrogens is 688 g/mol. The van der Waals surface area contributed by atoms with E-state index in [9.17, 15) is 19.2 Å². The second kappa shape index (κ2) is 17.4. The van der Waals surface area contributed by atoms with E-state index in [4.69, 9.17) is 9.47 Å². The van der Waals surface area contributed by atoms with Gasteiger partial charge in [-0.3, -0.25) is 9.59 Å². The Bertz CT molecular complexity index is 1770. The second-order valence-corrected chi connectivity index (χ2v) is 13.9. The van der Waals surface area contributed by atoms with Gasteiger partial charge in [0.05, 0.1) is 49.1 Å². The Morgan fingerprint density at radius 2 is 1.04 bits per heavy atom. The van der Waals surface area contributed by atoms with Crippen LogP contribution in [0.2, 0.25) is 0 Å². The Balaban J connectivity index is 1.06. The molecule has 2 aromatic heterocycles. The van der Waals surface area contributed by atoms with E-state index < -0.39 is 24.3 Å². The highest BCUT2D eigenvalue weighted by atomic mass is 16.6. The van der Waals surface area contributed by atoms with Crippen LogP contribution in [0, 0.1) is 0 Å². The van der Waals surface area contributed by atoms with E-state index in [-0.39, 0.29) is 23.9 Å². The number of alkyl carbamates (subject to hydrolysis) is 2. The normalized spacial score (nSPS) is 17.9. The molecule has 0 bridgehead atoms. The number of aromatic nitrogens is 4. The lowest BCUT2D eigenvalue weighted by molar-refractivity contribution is -0.134. The van der Waals surface area contributed by atoms with Crippen molar-refractivity contribution in [3.63, 3.8) is 0 Å². The number of aromatic amines is 2. The fourth-order valence-corrected chi connectivity index (χ4v) is 7.07. The Hall–Kier alpha value is -5.66. The number of hydrogen-bond acceptors (Lipinski definition) is 8. The average molecular weight is 739 g/mol. The van der Waals surface area contributed by atoms with Crippen LogP contribution in [0.4, 0.5) is 9.59 Å². The van der Waals surface area contributed by atoms with Crippen molar-refractivity contribution >= 4 is 24.0 Å². The van der Waals surface area contributed by atoms with Gasteiger partial charge in [-0.05, 0) is 74.6 Å². The maximum absolute atomic E-state index is 13.2. The lowest BCUT2D eigenvalue weighted by atomic mass is 10.0. The first-order chi connectivity index (χ1) is 26.2. The quantitative estimate of drug-likeness (QED) is 0.120. The predicted molar refractivity (Wildman–Crippen MR) is 203 cm³/mol. The Labute approximate surface area is 315 Å². The molecule has 1 unspecified atom stereocenters. The van der Waals surface area contributed by atoms with Gasteiger partial charge in [-0.25, -0.2) is 19.6 Å². The molecule has 0 saturated carbocycles. The van der Waals surface area contributed by atoms with E-state index in [0.29, 0.717) is 39.1 Å². The van der Waals surface area contributed by atoms with Crippen LogP contribution >= 0.6 is 0 Å². The van der Waals surface area contributed by atoms with Crippen LogP contribution in [-0.2, 0) is 19.1 Å². The first-order valence-corrected chi connectivity index (χ1v) is 18.9. The summed E-state index contributed by atoms with van der Waals surface area (Å²) in [5, 5.41) is 5.28. The number of carbonyl (C=O) groups excluding carboxylic acids is 4. The molecule has 4 heterocycles. The van der Waals surface area contributed by atoms with Crippen molar-refractivity contribution in [3.8, 4) is 33.6 Å². The van der Waals surface area contributed by atoms with Crippen molar-refractivity contribution < 1.29 is 28.7 Å². The summed E-state index contributed by atoms with van der Waals surface area (Å²) < 4.78 is 10.2. The highest BCUT2D eigenvalue weighted by Gasteiger charge is 2.36. The summed E-state index contributed by atoms with van der Waals surface area (Å²) in [5.41, 5.74) is 5.79. The van der Waals surface area contributed by atoms with Gasteiger partial charge in [0.15, 0.2) is 0 Å². The molecule has 14 heteroatoms. The molecule has 2 aromatic carbocycles. The molecule has 2 fully saturated rings. The standard InChI is InChI=1S/C40H50N8O6/c1-5-21-53-39(51)43-25(3)37(49)47-19-7-9-33(47)35-41-23-31(45-35)29-15-11-27(12-16-29)28-13-17-30(18-14-28)32-24-42-36(46-32)34-10-8-20-48(34)38(50)26(4)44-40(52)54-22-6-2/h11-18,23-26,33-34H,5-10,19-22H2,1-4H3,(H,41,45)(H,42,46)(H,43,51)(H,44,52)/t25-,26-,33-,34?/m0/s1. The zero-order chi connectivity index (χ0) is 38.2. The third-order valence-corrected chi connectivity index (χ3v) is 9.90. The van der Waals surface area contributed by atoms with E-state index >= 15 is 0 Å². The van der Waals surface area contributed by atoms with Crippen molar-refractivity contribution in [2.24, 2.45) is 0 Å². The van der Waals surface area contributed by atoms with Gasteiger partial charge in [0.2, 0.25) is 11.8 Å². The minimum atomic E-state index is -0.703. The van der Waals surface area contributed by atoms with Crippen LogP contribution in [0.15, 0.2) is 60.9 Å². The Morgan fingerprint density at radius 1 is 0.667 bits per heavy atom. The average Bonchev–Trinajstić information content (AvgIpc) is 4.02. The number of nitrogens with one attached hydrogen (secondary N) is 4. The number of carbonyl (C=O) groups is 4. The zero-order valence-electron chi connectivity index (χ0n) is 31.4. The van der Waals surface area contributed by atoms with Gasteiger partial charge >= 0.3 is 12.2 Å². The Morgan fingerprint density at radius 3 is 1.41 bits per heavy atom. The monoisotopic (exact) mass is 738 g/mol. The molecule has 2 saturated heterocycles. The largest absolute Gasteiger partial charge is 0.450 e. The number of H-pyrrole nitrogens is 2. The second-order valence-electron chi connectivity index (χ2n) is 13.9. The van der Waals surface area contributed by atoms with Crippen LogP contribution in [-0.4, -0.2) is 92.1 Å². The minimum Gasteiger partial charge on any atom is -0.450 e. The molecule has 2 aliphatic heterocycles. The summed E-state index contributed by atoms with van der Waals surface area (Å²) in [6.45, 7) is 8.99. The molecule has 286 valence electrons. The SMILES string of the molecule is CCCOC(=O)N[C@@H](C)C(=O)N1CCCC1c1ncc(-c2ccc(-c3ccc(-c4cnc([C@@H]5CCCN5C(=O)[C@H](C)NC(=O)OCCC)[nH]4)cc3)cc2)[nH]1. The molecule has 0 radical (unpaired) electrons. The number of imidazole rings is 2. The third kappa shape index (κ3) is 8.75. The first-order valence-electron chi connectivity index (χ1n) is 18.9. The molecule has 6 rings (SSSR count). The number of hydrogen-bond donors (Lipinski definition) is 4. The van der Waals surface area contributed by atoms with Crippen LogP contribution in [0.3, 0.4) is 0 Å². The molecule has 54 heavy (non-hydrogen) atoms. The molecule has 0 spiro atoms. The number of ether oxygens (including phenoxy) is 2. The molecular formula is C40H50N8O6. The number of nitrogens with zero attached hydrogens (tertiary/aromatic N) is 4. The summed E-state index contributed by atoms with van der Waals surface area (Å²) >= 11 is 0. The van der Waals surface area contributed by atoms with E-state index in [1.165, 1.54) is 0 Å². The lowest BCUT2D eigenvalue weighted by Gasteiger charge is -2.26. The van der Waals surface area contributed by atoms with Gasteiger partial charge in [0.25, 0.3) is 0 Å². The molecule has 4 aromatic rings. The van der Waals surface area contributed by atoms with Crippen LogP contribution in [0.1, 0.15) is 90.0 Å². The van der Waals surface area contributed by atoms with E-state index in [0.717, 1.165) is 71.0 Å². The fourth-order valence-electron chi connectivity index (χ4n) is 7.07. The van der Waals surface area contributed by atoms with Gasteiger partial charge in [-0.2, -0.15) is 0 Å². The summed E-state index contributed by atoms with van der Waals surface area (Å²) in [5.74, 6) is 1.13. The topological polar surface area (TPSA) is 175 Å². The fraction of sp³-hybridized carbons (Fsp3) is 0.450. The van der Waals surface area contributed by atoms with Gasteiger partial charge in [0.1, 0.15) is 23.7 Å². The van der Waals surface area contributed by atoms with Crippen LogP contribution in [0.5, 0.6) is 0 Å². The van der Waals surface area contributed by atoms with Gasteiger partial charge in [-0.15, -0.1) is 0 Å². The van der Waals surface area contributed by atoms with E-state index in [1.807, 2.05) is 38.1 Å². The highest BCUT2D eigenvalue weighted by molar-refractivity contribution is 5.86. The molecule has 4 amide bonds. The van der Waals surface area contributed by atoms with Gasteiger partial charge in [-0.1, -0.05) is 62.4 Å². The summed E-state index contributed by atoms with van der Waals surface area (Å²) in [6, 6.07) is 14.7. The van der Waals surface area contributed by atoms with Crippen molar-refractivity contribution in [2.75, 3.05) is 26.3 Å². The number of benzene rings is 2. The molecule has 4 N–H and O–H groups in total. The van der Waals surface area contributed by atoms with Crippen molar-refractivity contribution in [1.82, 2.24) is 40.4 Å². The van der Waals surface area contributed by atoms with Crippen molar-refractivity contribution in [3.05, 3.63) is 72.6 Å². The maximum Gasteiger partial charge on any atom is 0.407 e. The van der Waals surface area contributed by atoms with Gasteiger partial charge < -0.3 is 39.9 Å². The van der Waals surface area contributed by atoms with E-state index in [1.54, 1.807) is 36.0 Å². The first kappa shape index (κ1) is 38.1. The molecule has 14 nitrogen and oxygen atoms in total. The van der Waals surface area contributed by atoms with Gasteiger partial charge in [0, 0.05) is 13.1 Å². The predicted octanol–water partition coefficient (Wildman–Crippen LogP) is 6.51. The summed E-state index contributed by atoms with van der Waals surface area (Å²) in [7, 11) is 0. The number of rotatable bonds is 13. The highest BCUT2D eigenvalue weighted by Crippen LogP contribution is 2.34.